The molecule has 0 aliphatic rings. The highest BCUT2D eigenvalue weighted by atomic mass is 16.1. The third-order valence-corrected chi connectivity index (χ3v) is 2.01. The number of carbonyl (C=O) groups is 1. The molecule has 1 aromatic carbocycles. The molecule has 0 saturated heterocycles. The van der Waals surface area contributed by atoms with E-state index in [9.17, 15) is 4.79 Å². The van der Waals surface area contributed by atoms with E-state index in [-0.39, 0.29) is 11.9 Å². The Balaban J connectivity index is 2.71. The molecule has 0 saturated carbocycles. The van der Waals surface area contributed by atoms with E-state index in [1.807, 2.05) is 13.0 Å². The van der Waals surface area contributed by atoms with Gasteiger partial charge in [-0.1, -0.05) is 0 Å². The van der Waals surface area contributed by atoms with E-state index in [1.54, 1.807) is 24.3 Å². The second-order valence-corrected chi connectivity index (χ2v) is 3.30. The number of nitrogens with two attached hydrogens (primary N) is 1. The molecule has 4 nitrogen and oxygen atoms in total. The quantitative estimate of drug-likeness (QED) is 0.756. The molecule has 0 aliphatic carbocycles. The lowest BCUT2D eigenvalue weighted by Gasteiger charge is -2.10. The van der Waals surface area contributed by atoms with E-state index in [4.69, 9.17) is 11.0 Å². The molecule has 4 heteroatoms. The van der Waals surface area contributed by atoms with Gasteiger partial charge in [-0.2, -0.15) is 5.26 Å². The van der Waals surface area contributed by atoms with Crippen LogP contribution >= 0.6 is 0 Å². The number of carbonyl (C=O) groups excluding carboxylic acids is 1. The molecule has 0 aliphatic heterocycles. The molecule has 0 radical (unpaired) electrons. The number of hydrogen-bond donors (Lipinski definition) is 2. The van der Waals surface area contributed by atoms with Crippen LogP contribution in [0.2, 0.25) is 0 Å². The molecular weight excluding hydrogens is 190 g/mol. The molecule has 1 aromatic rings. The average molecular weight is 203 g/mol. The molecule has 0 heterocycles. The molecule has 0 bridgehead atoms. The average Bonchev–Trinajstić information content (AvgIpc) is 2.29. The summed E-state index contributed by atoms with van der Waals surface area (Å²) in [5, 5.41) is 11.3. The van der Waals surface area contributed by atoms with Crippen molar-refractivity contribution in [1.29, 1.82) is 5.26 Å². The van der Waals surface area contributed by atoms with Gasteiger partial charge in [0.1, 0.15) is 0 Å². The number of rotatable bonds is 3. The number of benzene rings is 1. The van der Waals surface area contributed by atoms with Crippen LogP contribution in [-0.4, -0.2) is 18.5 Å². The summed E-state index contributed by atoms with van der Waals surface area (Å²) in [6.07, 6.45) is 0. The van der Waals surface area contributed by atoms with Gasteiger partial charge in [0.05, 0.1) is 11.6 Å². The van der Waals surface area contributed by atoms with Crippen LogP contribution in [0.25, 0.3) is 0 Å². The van der Waals surface area contributed by atoms with Crippen molar-refractivity contribution < 1.29 is 4.79 Å². The topological polar surface area (TPSA) is 78.9 Å². The monoisotopic (exact) mass is 203 g/mol. The number of nitriles is 1. The van der Waals surface area contributed by atoms with Crippen molar-refractivity contribution in [2.24, 2.45) is 5.73 Å². The first-order valence-electron chi connectivity index (χ1n) is 4.68. The minimum absolute atomic E-state index is 0.0480. The smallest absolute Gasteiger partial charge is 0.251 e. The molecule has 0 fully saturated rings. The van der Waals surface area contributed by atoms with E-state index in [2.05, 4.69) is 5.32 Å². The van der Waals surface area contributed by atoms with Crippen molar-refractivity contribution in [3.8, 4) is 6.07 Å². The van der Waals surface area contributed by atoms with E-state index in [1.165, 1.54) is 0 Å². The Bertz CT molecular complexity index is 378. The number of hydrogen-bond acceptors (Lipinski definition) is 3. The fourth-order valence-electron chi connectivity index (χ4n) is 1.06. The van der Waals surface area contributed by atoms with Gasteiger partial charge in [0.2, 0.25) is 0 Å². The zero-order valence-corrected chi connectivity index (χ0v) is 8.53. The molecule has 1 rings (SSSR count). The summed E-state index contributed by atoms with van der Waals surface area (Å²) in [5.74, 6) is -0.169. The lowest BCUT2D eigenvalue weighted by atomic mass is 10.1. The van der Waals surface area contributed by atoms with Crippen molar-refractivity contribution in [2.45, 2.75) is 13.0 Å². The van der Waals surface area contributed by atoms with Crippen molar-refractivity contribution in [2.75, 3.05) is 6.54 Å². The predicted molar refractivity (Wildman–Crippen MR) is 57.1 cm³/mol. The zero-order chi connectivity index (χ0) is 11.3. The van der Waals surface area contributed by atoms with Crippen LogP contribution in [0, 0.1) is 11.3 Å². The highest BCUT2D eigenvalue weighted by molar-refractivity contribution is 5.94. The maximum atomic E-state index is 11.6. The fourth-order valence-corrected chi connectivity index (χ4v) is 1.06. The highest BCUT2D eigenvalue weighted by Gasteiger charge is 2.07. The molecular formula is C11H13N3O. The molecule has 1 atom stereocenters. The van der Waals surface area contributed by atoms with Crippen LogP contribution in [0.5, 0.6) is 0 Å². The molecule has 15 heavy (non-hydrogen) atoms. The van der Waals surface area contributed by atoms with Gasteiger partial charge in [-0.3, -0.25) is 4.79 Å². The normalized spacial score (nSPS) is 11.5. The summed E-state index contributed by atoms with van der Waals surface area (Å²) in [6.45, 7) is 2.24. The molecule has 3 N–H and O–H groups in total. The van der Waals surface area contributed by atoms with Gasteiger partial charge in [-0.25, -0.2) is 0 Å². The van der Waals surface area contributed by atoms with Crippen LogP contribution in [0.3, 0.4) is 0 Å². The largest absolute Gasteiger partial charge is 0.348 e. The molecule has 1 amide bonds. The van der Waals surface area contributed by atoms with Crippen LogP contribution in [0.1, 0.15) is 22.8 Å². The summed E-state index contributed by atoms with van der Waals surface area (Å²) in [7, 11) is 0. The minimum atomic E-state index is -0.169. The van der Waals surface area contributed by atoms with Gasteiger partial charge in [-0.05, 0) is 31.2 Å². The predicted octanol–water partition coefficient (Wildman–Crippen LogP) is 0.635. The zero-order valence-electron chi connectivity index (χ0n) is 8.53. The van der Waals surface area contributed by atoms with Crippen LogP contribution in [0.15, 0.2) is 24.3 Å². The number of nitrogens with zero attached hydrogens (tertiary/aromatic N) is 1. The minimum Gasteiger partial charge on any atom is -0.348 e. The van der Waals surface area contributed by atoms with E-state index < -0.39 is 0 Å². The maximum absolute atomic E-state index is 11.6. The SMILES string of the molecule is C[C@H](CN)NC(=O)c1ccc(C#N)cc1. The molecule has 0 unspecified atom stereocenters. The lowest BCUT2D eigenvalue weighted by molar-refractivity contribution is 0.0941. The first-order chi connectivity index (χ1) is 7.17. The van der Waals surface area contributed by atoms with E-state index >= 15 is 0 Å². The van der Waals surface area contributed by atoms with Crippen molar-refractivity contribution in [3.63, 3.8) is 0 Å². The summed E-state index contributed by atoms with van der Waals surface area (Å²) in [6, 6.07) is 8.42. The van der Waals surface area contributed by atoms with Gasteiger partial charge < -0.3 is 11.1 Å². The van der Waals surface area contributed by atoms with Crippen LogP contribution < -0.4 is 11.1 Å². The van der Waals surface area contributed by atoms with Gasteiger partial charge in [-0.15, -0.1) is 0 Å². The summed E-state index contributed by atoms with van der Waals surface area (Å²) in [4.78, 5) is 11.6. The standard InChI is InChI=1S/C11H13N3O/c1-8(6-12)14-11(15)10-4-2-9(7-13)3-5-10/h2-5,8H,6,12H2,1H3,(H,14,15)/t8-/m1/s1. The van der Waals surface area contributed by atoms with Crippen LogP contribution in [0.4, 0.5) is 0 Å². The fraction of sp³-hybridized carbons (Fsp3) is 0.273. The third-order valence-electron chi connectivity index (χ3n) is 2.01. The Labute approximate surface area is 88.7 Å². The first-order valence-corrected chi connectivity index (χ1v) is 4.68. The van der Waals surface area contributed by atoms with Crippen molar-refractivity contribution in [1.82, 2.24) is 5.32 Å². The second-order valence-electron chi connectivity index (χ2n) is 3.30. The van der Waals surface area contributed by atoms with Gasteiger partial charge >= 0.3 is 0 Å². The van der Waals surface area contributed by atoms with Crippen LogP contribution in [-0.2, 0) is 0 Å². The maximum Gasteiger partial charge on any atom is 0.251 e. The summed E-state index contributed by atoms with van der Waals surface area (Å²) < 4.78 is 0. The number of nitrogens with one attached hydrogen (secondary N) is 1. The highest BCUT2D eigenvalue weighted by Crippen LogP contribution is 2.03. The van der Waals surface area contributed by atoms with Gasteiger partial charge in [0, 0.05) is 18.2 Å². The number of amides is 1. The molecule has 0 aromatic heterocycles. The van der Waals surface area contributed by atoms with E-state index in [0.717, 1.165) is 0 Å². The Morgan fingerprint density at radius 2 is 2.13 bits per heavy atom. The second kappa shape index (κ2) is 5.13. The summed E-state index contributed by atoms with van der Waals surface area (Å²) >= 11 is 0. The molecule has 0 spiro atoms. The van der Waals surface area contributed by atoms with E-state index in [0.29, 0.717) is 17.7 Å². The Morgan fingerprint density at radius 3 is 2.60 bits per heavy atom. The Kier molecular flexibility index (Phi) is 3.83. The van der Waals surface area contributed by atoms with Crippen molar-refractivity contribution >= 4 is 5.91 Å². The van der Waals surface area contributed by atoms with Gasteiger partial charge in [0.25, 0.3) is 5.91 Å². The Morgan fingerprint density at radius 1 is 1.53 bits per heavy atom. The first kappa shape index (κ1) is 11.2. The van der Waals surface area contributed by atoms with Crippen molar-refractivity contribution in [3.05, 3.63) is 35.4 Å². The Hall–Kier alpha value is -1.86. The molecule has 78 valence electrons. The van der Waals surface area contributed by atoms with Gasteiger partial charge in [0.15, 0.2) is 0 Å². The lowest BCUT2D eigenvalue weighted by Crippen LogP contribution is -2.37. The third kappa shape index (κ3) is 3.08. The summed E-state index contributed by atoms with van der Waals surface area (Å²) in [5.41, 5.74) is 6.46.